The molecule has 0 saturated carbocycles. The van der Waals surface area contributed by atoms with Gasteiger partial charge in [-0.15, -0.1) is 0 Å². The van der Waals surface area contributed by atoms with Gasteiger partial charge in [0.25, 0.3) is 5.91 Å². The molecule has 1 heterocycles. The van der Waals surface area contributed by atoms with Crippen LogP contribution in [0.15, 0.2) is 48.5 Å². The number of nitrogens with one attached hydrogen (secondary N) is 1. The lowest BCUT2D eigenvalue weighted by Gasteiger charge is -2.24. The van der Waals surface area contributed by atoms with Gasteiger partial charge in [-0.05, 0) is 36.0 Å². The molecule has 28 heavy (non-hydrogen) atoms. The zero-order valence-electron chi connectivity index (χ0n) is 16.5. The fraction of sp³-hybridized carbons (Fsp3) is 0.391. The molecule has 1 atom stereocenters. The quantitative estimate of drug-likeness (QED) is 0.725. The summed E-state index contributed by atoms with van der Waals surface area (Å²) in [6, 6.07) is 15.8. The third kappa shape index (κ3) is 4.71. The molecule has 1 aliphatic heterocycles. The molecule has 0 saturated heterocycles. The number of anilines is 1. The molecule has 1 amide bonds. The minimum absolute atomic E-state index is 0.0570. The lowest BCUT2D eigenvalue weighted by atomic mass is 9.96. The van der Waals surface area contributed by atoms with E-state index in [1.54, 1.807) is 0 Å². The number of aliphatic carboxylic acids is 1. The van der Waals surface area contributed by atoms with Gasteiger partial charge in [-0.1, -0.05) is 56.3 Å². The molecule has 0 aliphatic carbocycles. The summed E-state index contributed by atoms with van der Waals surface area (Å²) in [7, 11) is 0. The molecule has 0 aromatic heterocycles. The Labute approximate surface area is 166 Å². The maximum absolute atomic E-state index is 13.2. The number of fused-ring (bicyclic) bond motifs is 1. The SMILES string of the molecule is CC(C)CC(NC(=O)c1cccc2c1N(CCC(=O)O)CC2)c1ccccc1. The van der Waals surface area contributed by atoms with E-state index in [-0.39, 0.29) is 18.4 Å². The van der Waals surface area contributed by atoms with Crippen molar-refractivity contribution in [2.45, 2.75) is 39.2 Å². The molecule has 3 rings (SSSR count). The zero-order valence-corrected chi connectivity index (χ0v) is 16.5. The summed E-state index contributed by atoms with van der Waals surface area (Å²) < 4.78 is 0. The van der Waals surface area contributed by atoms with Crippen LogP contribution in [0.5, 0.6) is 0 Å². The molecule has 5 heteroatoms. The maximum atomic E-state index is 13.2. The van der Waals surface area contributed by atoms with Crippen LogP contribution in [-0.2, 0) is 11.2 Å². The molecule has 0 bridgehead atoms. The van der Waals surface area contributed by atoms with E-state index in [2.05, 4.69) is 19.2 Å². The van der Waals surface area contributed by atoms with Crippen molar-refractivity contribution in [2.75, 3.05) is 18.0 Å². The molecular formula is C23H28N2O3. The van der Waals surface area contributed by atoms with Crippen LogP contribution in [0.4, 0.5) is 5.69 Å². The number of carbonyl (C=O) groups is 2. The Morgan fingerprint density at radius 1 is 1.11 bits per heavy atom. The van der Waals surface area contributed by atoms with E-state index in [1.807, 2.05) is 53.4 Å². The minimum atomic E-state index is -0.823. The van der Waals surface area contributed by atoms with Crippen LogP contribution in [0.3, 0.4) is 0 Å². The summed E-state index contributed by atoms with van der Waals surface area (Å²) in [5, 5.41) is 12.2. The smallest absolute Gasteiger partial charge is 0.305 e. The first-order valence-electron chi connectivity index (χ1n) is 9.90. The molecule has 0 spiro atoms. The number of carbonyl (C=O) groups excluding carboxylic acids is 1. The molecule has 1 aliphatic rings. The second-order valence-electron chi connectivity index (χ2n) is 7.76. The Kier molecular flexibility index (Phi) is 6.34. The number of carboxylic acids is 1. The van der Waals surface area contributed by atoms with Gasteiger partial charge < -0.3 is 15.3 Å². The molecule has 2 aromatic rings. The van der Waals surface area contributed by atoms with Crippen LogP contribution in [0, 0.1) is 5.92 Å². The molecule has 2 aromatic carbocycles. The van der Waals surface area contributed by atoms with Crippen molar-refractivity contribution >= 4 is 17.6 Å². The predicted molar refractivity (Wildman–Crippen MR) is 111 cm³/mol. The first-order chi connectivity index (χ1) is 13.5. The van der Waals surface area contributed by atoms with Crippen LogP contribution >= 0.6 is 0 Å². The summed E-state index contributed by atoms with van der Waals surface area (Å²) in [6.07, 6.45) is 1.76. The Balaban J connectivity index is 1.84. The normalized spacial score (nSPS) is 14.0. The van der Waals surface area contributed by atoms with Crippen molar-refractivity contribution < 1.29 is 14.7 Å². The van der Waals surface area contributed by atoms with E-state index in [4.69, 9.17) is 5.11 Å². The van der Waals surface area contributed by atoms with Gasteiger partial charge in [0.15, 0.2) is 0 Å². The topological polar surface area (TPSA) is 69.6 Å². The number of para-hydroxylation sites is 1. The number of hydrogen-bond acceptors (Lipinski definition) is 3. The zero-order chi connectivity index (χ0) is 20.1. The summed E-state index contributed by atoms with van der Waals surface area (Å²) in [5.74, 6) is -0.482. The fourth-order valence-electron chi connectivity index (χ4n) is 3.84. The first-order valence-corrected chi connectivity index (χ1v) is 9.90. The van der Waals surface area contributed by atoms with E-state index < -0.39 is 5.97 Å². The van der Waals surface area contributed by atoms with Crippen molar-refractivity contribution in [2.24, 2.45) is 5.92 Å². The fourth-order valence-corrected chi connectivity index (χ4v) is 3.84. The summed E-state index contributed by atoms with van der Waals surface area (Å²) in [6.45, 7) is 5.47. The second-order valence-corrected chi connectivity index (χ2v) is 7.76. The third-order valence-corrected chi connectivity index (χ3v) is 5.14. The Bertz CT molecular complexity index is 833. The van der Waals surface area contributed by atoms with Gasteiger partial charge in [0, 0.05) is 13.1 Å². The predicted octanol–water partition coefficient (Wildman–Crippen LogP) is 4.04. The summed E-state index contributed by atoms with van der Waals surface area (Å²) in [4.78, 5) is 26.2. The Morgan fingerprint density at radius 3 is 2.54 bits per heavy atom. The number of nitrogens with zero attached hydrogens (tertiary/aromatic N) is 1. The van der Waals surface area contributed by atoms with Gasteiger partial charge >= 0.3 is 5.97 Å². The Hall–Kier alpha value is -2.82. The summed E-state index contributed by atoms with van der Waals surface area (Å²) in [5.41, 5.74) is 3.72. The van der Waals surface area contributed by atoms with Gasteiger partial charge in [0.1, 0.15) is 0 Å². The van der Waals surface area contributed by atoms with Gasteiger partial charge in [0.2, 0.25) is 0 Å². The monoisotopic (exact) mass is 380 g/mol. The van der Waals surface area contributed by atoms with Gasteiger partial charge in [-0.25, -0.2) is 0 Å². The molecule has 2 N–H and O–H groups in total. The molecule has 5 nitrogen and oxygen atoms in total. The number of carboxylic acid groups (broad SMARTS) is 1. The highest BCUT2D eigenvalue weighted by molar-refractivity contribution is 6.01. The Morgan fingerprint density at radius 2 is 1.86 bits per heavy atom. The largest absolute Gasteiger partial charge is 0.481 e. The van der Waals surface area contributed by atoms with E-state index in [0.717, 1.165) is 36.2 Å². The van der Waals surface area contributed by atoms with E-state index in [0.29, 0.717) is 18.0 Å². The van der Waals surface area contributed by atoms with Crippen molar-refractivity contribution in [1.29, 1.82) is 0 Å². The highest BCUT2D eigenvalue weighted by Crippen LogP contribution is 2.32. The highest BCUT2D eigenvalue weighted by atomic mass is 16.4. The lowest BCUT2D eigenvalue weighted by molar-refractivity contribution is -0.136. The molecule has 0 fully saturated rings. The lowest BCUT2D eigenvalue weighted by Crippen LogP contribution is -2.32. The number of hydrogen-bond donors (Lipinski definition) is 2. The van der Waals surface area contributed by atoms with Gasteiger partial charge in [-0.3, -0.25) is 9.59 Å². The van der Waals surface area contributed by atoms with E-state index >= 15 is 0 Å². The molecule has 148 valence electrons. The van der Waals surface area contributed by atoms with E-state index in [9.17, 15) is 9.59 Å². The van der Waals surface area contributed by atoms with Crippen LogP contribution in [0.25, 0.3) is 0 Å². The maximum Gasteiger partial charge on any atom is 0.305 e. The molecule has 1 unspecified atom stereocenters. The third-order valence-electron chi connectivity index (χ3n) is 5.14. The van der Waals surface area contributed by atoms with Crippen molar-refractivity contribution in [3.05, 3.63) is 65.2 Å². The molecular weight excluding hydrogens is 352 g/mol. The van der Waals surface area contributed by atoms with Crippen molar-refractivity contribution in [3.8, 4) is 0 Å². The van der Waals surface area contributed by atoms with Crippen LogP contribution in [0.2, 0.25) is 0 Å². The van der Waals surface area contributed by atoms with Gasteiger partial charge in [-0.2, -0.15) is 0 Å². The number of benzene rings is 2. The minimum Gasteiger partial charge on any atom is -0.481 e. The van der Waals surface area contributed by atoms with E-state index in [1.165, 1.54) is 0 Å². The van der Waals surface area contributed by atoms with Gasteiger partial charge in [0.05, 0.1) is 23.7 Å². The highest BCUT2D eigenvalue weighted by Gasteiger charge is 2.27. The first kappa shape index (κ1) is 19.9. The standard InChI is InChI=1S/C23H28N2O3/c1-16(2)15-20(17-7-4-3-5-8-17)24-23(28)19-10-6-9-18-11-13-25(22(18)19)14-12-21(26)27/h3-10,16,20H,11-15H2,1-2H3,(H,24,28)(H,26,27). The summed E-state index contributed by atoms with van der Waals surface area (Å²) >= 11 is 0. The van der Waals surface area contributed by atoms with Crippen molar-refractivity contribution in [3.63, 3.8) is 0 Å². The average Bonchev–Trinajstić information content (AvgIpc) is 3.09. The van der Waals surface area contributed by atoms with Crippen LogP contribution in [0.1, 0.15) is 54.2 Å². The second kappa shape index (κ2) is 8.91. The van der Waals surface area contributed by atoms with Crippen LogP contribution < -0.4 is 10.2 Å². The molecule has 0 radical (unpaired) electrons. The number of amides is 1. The van der Waals surface area contributed by atoms with Crippen molar-refractivity contribution in [1.82, 2.24) is 5.32 Å². The average molecular weight is 380 g/mol. The van der Waals surface area contributed by atoms with Crippen LogP contribution in [-0.4, -0.2) is 30.1 Å². The number of rotatable bonds is 8.